The van der Waals surface area contributed by atoms with Gasteiger partial charge in [-0.05, 0) is 30.9 Å². The Balaban J connectivity index is 2.00. The lowest BCUT2D eigenvalue weighted by molar-refractivity contribution is 0.111. The lowest BCUT2D eigenvalue weighted by Gasteiger charge is -2.22. The van der Waals surface area contributed by atoms with Crippen molar-refractivity contribution in [1.82, 2.24) is 0 Å². The van der Waals surface area contributed by atoms with E-state index in [4.69, 9.17) is 9.47 Å². The third-order valence-corrected chi connectivity index (χ3v) is 3.55. The van der Waals surface area contributed by atoms with Crippen LogP contribution in [-0.2, 0) is 0 Å². The molecule has 0 unspecified atom stereocenters. The Kier molecular flexibility index (Phi) is 4.62. The lowest BCUT2D eigenvalue weighted by atomic mass is 9.90. The van der Waals surface area contributed by atoms with Crippen LogP contribution < -0.4 is 9.47 Å². The van der Waals surface area contributed by atoms with E-state index in [0.29, 0.717) is 23.8 Å². The van der Waals surface area contributed by atoms with Crippen LogP contribution in [0.15, 0.2) is 18.2 Å². The summed E-state index contributed by atoms with van der Waals surface area (Å²) in [5.41, 5.74) is 0.589. The van der Waals surface area contributed by atoms with Gasteiger partial charge in [-0.3, -0.25) is 4.79 Å². The quantitative estimate of drug-likeness (QED) is 0.748. The topological polar surface area (TPSA) is 35.5 Å². The highest BCUT2D eigenvalue weighted by atomic mass is 16.5. The highest BCUT2D eigenvalue weighted by Crippen LogP contribution is 2.27. The maximum Gasteiger partial charge on any atom is 0.153 e. The Morgan fingerprint density at radius 1 is 1.28 bits per heavy atom. The summed E-state index contributed by atoms with van der Waals surface area (Å²) in [4.78, 5) is 11.0. The molecule has 18 heavy (non-hydrogen) atoms. The van der Waals surface area contributed by atoms with E-state index in [1.165, 1.54) is 32.1 Å². The molecule has 0 spiro atoms. The Morgan fingerprint density at radius 2 is 2.06 bits per heavy atom. The van der Waals surface area contributed by atoms with Crippen LogP contribution in [0.2, 0.25) is 0 Å². The summed E-state index contributed by atoms with van der Waals surface area (Å²) in [6, 6.07) is 5.30. The first-order valence-electron chi connectivity index (χ1n) is 6.59. The van der Waals surface area contributed by atoms with Gasteiger partial charge in [-0.15, -0.1) is 0 Å². The highest BCUT2D eigenvalue weighted by Gasteiger charge is 2.15. The molecule has 0 aliphatic heterocycles. The van der Waals surface area contributed by atoms with E-state index in [2.05, 4.69) is 0 Å². The third kappa shape index (κ3) is 3.25. The Morgan fingerprint density at radius 3 is 2.72 bits per heavy atom. The average molecular weight is 248 g/mol. The molecule has 0 saturated heterocycles. The van der Waals surface area contributed by atoms with Crippen molar-refractivity contribution in [2.24, 2.45) is 5.92 Å². The van der Waals surface area contributed by atoms with Crippen LogP contribution in [0, 0.1) is 5.92 Å². The number of methoxy groups -OCH3 is 1. The van der Waals surface area contributed by atoms with Gasteiger partial charge < -0.3 is 9.47 Å². The molecule has 1 aromatic carbocycles. The second kappa shape index (κ2) is 6.43. The number of hydrogen-bond acceptors (Lipinski definition) is 3. The number of carbonyl (C=O) groups excluding carboxylic acids is 1. The average Bonchev–Trinajstić information content (AvgIpc) is 2.45. The maximum absolute atomic E-state index is 11.0. The van der Waals surface area contributed by atoms with Gasteiger partial charge in [0, 0.05) is 6.07 Å². The number of ether oxygens (including phenoxy) is 2. The van der Waals surface area contributed by atoms with Gasteiger partial charge in [0.05, 0.1) is 19.3 Å². The summed E-state index contributed by atoms with van der Waals surface area (Å²) in [6.07, 6.45) is 7.24. The SMILES string of the molecule is COc1ccc(C=O)c(OCC2CCCCC2)c1. The second-order valence-electron chi connectivity index (χ2n) is 4.84. The Hall–Kier alpha value is -1.51. The van der Waals surface area contributed by atoms with Gasteiger partial charge in [0.2, 0.25) is 0 Å². The first-order chi connectivity index (χ1) is 8.83. The van der Waals surface area contributed by atoms with Crippen LogP contribution in [0.25, 0.3) is 0 Å². The molecule has 1 aliphatic carbocycles. The molecule has 3 nitrogen and oxygen atoms in total. The van der Waals surface area contributed by atoms with E-state index in [1.807, 2.05) is 0 Å². The maximum atomic E-state index is 11.0. The molecule has 1 aliphatic rings. The van der Waals surface area contributed by atoms with Crippen LogP contribution in [0.1, 0.15) is 42.5 Å². The third-order valence-electron chi connectivity index (χ3n) is 3.55. The molecule has 1 saturated carbocycles. The van der Waals surface area contributed by atoms with E-state index >= 15 is 0 Å². The van der Waals surface area contributed by atoms with E-state index in [1.54, 1.807) is 25.3 Å². The van der Waals surface area contributed by atoms with Crippen molar-refractivity contribution in [2.75, 3.05) is 13.7 Å². The molecular formula is C15H20O3. The van der Waals surface area contributed by atoms with Crippen molar-refractivity contribution in [3.05, 3.63) is 23.8 Å². The highest BCUT2D eigenvalue weighted by molar-refractivity contribution is 5.79. The van der Waals surface area contributed by atoms with Crippen molar-refractivity contribution in [1.29, 1.82) is 0 Å². The van der Waals surface area contributed by atoms with Gasteiger partial charge in [-0.25, -0.2) is 0 Å². The fraction of sp³-hybridized carbons (Fsp3) is 0.533. The first-order valence-corrected chi connectivity index (χ1v) is 6.59. The van der Waals surface area contributed by atoms with Gasteiger partial charge in [-0.1, -0.05) is 19.3 Å². The zero-order valence-corrected chi connectivity index (χ0v) is 10.9. The van der Waals surface area contributed by atoms with Crippen molar-refractivity contribution in [2.45, 2.75) is 32.1 Å². The molecule has 0 heterocycles. The molecule has 0 atom stereocenters. The fourth-order valence-electron chi connectivity index (χ4n) is 2.43. The molecule has 2 rings (SSSR count). The first kappa shape index (κ1) is 12.9. The van der Waals surface area contributed by atoms with Crippen LogP contribution in [-0.4, -0.2) is 20.0 Å². The monoisotopic (exact) mass is 248 g/mol. The number of aldehydes is 1. The summed E-state index contributed by atoms with van der Waals surface area (Å²) in [5, 5.41) is 0. The molecule has 0 N–H and O–H groups in total. The normalized spacial score (nSPS) is 16.3. The zero-order valence-electron chi connectivity index (χ0n) is 10.9. The van der Waals surface area contributed by atoms with Crippen LogP contribution >= 0.6 is 0 Å². The zero-order chi connectivity index (χ0) is 12.8. The summed E-state index contributed by atoms with van der Waals surface area (Å²) in [5.74, 6) is 1.98. The van der Waals surface area contributed by atoms with Crippen LogP contribution in [0.3, 0.4) is 0 Å². The molecule has 98 valence electrons. The largest absolute Gasteiger partial charge is 0.497 e. The van der Waals surface area contributed by atoms with E-state index < -0.39 is 0 Å². The molecule has 1 fully saturated rings. The molecule has 0 amide bonds. The van der Waals surface area contributed by atoms with E-state index in [9.17, 15) is 4.79 Å². The Bertz CT molecular complexity index is 395. The number of rotatable bonds is 5. The van der Waals surface area contributed by atoms with Crippen molar-refractivity contribution >= 4 is 6.29 Å². The van der Waals surface area contributed by atoms with Gasteiger partial charge in [0.1, 0.15) is 11.5 Å². The predicted octanol–water partition coefficient (Wildman–Crippen LogP) is 3.47. The smallest absolute Gasteiger partial charge is 0.153 e. The van der Waals surface area contributed by atoms with E-state index in [-0.39, 0.29) is 0 Å². The summed E-state index contributed by atoms with van der Waals surface area (Å²) < 4.78 is 10.9. The van der Waals surface area contributed by atoms with Gasteiger partial charge in [-0.2, -0.15) is 0 Å². The second-order valence-corrected chi connectivity index (χ2v) is 4.84. The fourth-order valence-corrected chi connectivity index (χ4v) is 2.43. The molecule has 0 radical (unpaired) electrons. The minimum atomic E-state index is 0.589. The van der Waals surface area contributed by atoms with Gasteiger partial charge in [0.25, 0.3) is 0 Å². The van der Waals surface area contributed by atoms with Gasteiger partial charge >= 0.3 is 0 Å². The molecule has 3 heteroatoms. The Labute approximate surface area is 108 Å². The molecule has 1 aromatic rings. The number of hydrogen-bond donors (Lipinski definition) is 0. The van der Waals surface area contributed by atoms with Crippen LogP contribution in [0.5, 0.6) is 11.5 Å². The minimum Gasteiger partial charge on any atom is -0.497 e. The number of carbonyl (C=O) groups is 1. The molecule has 0 aromatic heterocycles. The van der Waals surface area contributed by atoms with E-state index in [0.717, 1.165) is 12.0 Å². The van der Waals surface area contributed by atoms with Crippen molar-refractivity contribution in [3.63, 3.8) is 0 Å². The minimum absolute atomic E-state index is 0.589. The van der Waals surface area contributed by atoms with Crippen molar-refractivity contribution < 1.29 is 14.3 Å². The predicted molar refractivity (Wildman–Crippen MR) is 70.5 cm³/mol. The number of benzene rings is 1. The standard InChI is InChI=1S/C15H20O3/c1-17-14-8-7-13(10-16)15(9-14)18-11-12-5-3-2-4-6-12/h7-10,12H,2-6,11H2,1H3. The van der Waals surface area contributed by atoms with Gasteiger partial charge in [0.15, 0.2) is 6.29 Å². The van der Waals surface area contributed by atoms with Crippen LogP contribution in [0.4, 0.5) is 0 Å². The lowest BCUT2D eigenvalue weighted by Crippen LogP contribution is -2.15. The summed E-state index contributed by atoms with van der Waals surface area (Å²) in [6.45, 7) is 0.702. The molecule has 0 bridgehead atoms. The summed E-state index contributed by atoms with van der Waals surface area (Å²) in [7, 11) is 1.61. The van der Waals surface area contributed by atoms with Crippen molar-refractivity contribution in [3.8, 4) is 11.5 Å². The summed E-state index contributed by atoms with van der Waals surface area (Å²) >= 11 is 0. The molecular weight excluding hydrogens is 228 g/mol.